The van der Waals surface area contributed by atoms with Crippen molar-refractivity contribution in [2.75, 3.05) is 39.9 Å². The van der Waals surface area contributed by atoms with E-state index < -0.39 is 11.7 Å². The fourth-order valence-electron chi connectivity index (χ4n) is 3.56. The molecular weight excluding hydrogens is 434 g/mol. The molecule has 0 spiro atoms. The average molecular weight is 468 g/mol. The zero-order valence-corrected chi connectivity index (χ0v) is 20.3. The predicted molar refractivity (Wildman–Crippen MR) is 129 cm³/mol. The van der Waals surface area contributed by atoms with Crippen molar-refractivity contribution in [3.05, 3.63) is 59.7 Å². The minimum absolute atomic E-state index is 0.0173. The Labute approximate surface area is 200 Å². The van der Waals surface area contributed by atoms with E-state index in [1.54, 1.807) is 32.7 Å². The van der Waals surface area contributed by atoms with E-state index in [1.807, 2.05) is 53.4 Å². The van der Waals surface area contributed by atoms with E-state index in [4.69, 9.17) is 9.47 Å². The van der Waals surface area contributed by atoms with Gasteiger partial charge in [0.05, 0.1) is 13.2 Å². The van der Waals surface area contributed by atoms with Crippen LogP contribution < -0.4 is 5.32 Å². The summed E-state index contributed by atoms with van der Waals surface area (Å²) in [5, 5.41) is 2.49. The summed E-state index contributed by atoms with van der Waals surface area (Å²) in [6.07, 6.45) is -0.619. The quantitative estimate of drug-likeness (QED) is 0.704. The van der Waals surface area contributed by atoms with Crippen LogP contribution in [0.5, 0.6) is 0 Å². The van der Waals surface area contributed by atoms with Gasteiger partial charge in [0.1, 0.15) is 12.1 Å². The summed E-state index contributed by atoms with van der Waals surface area (Å²) < 4.78 is 10.5. The van der Waals surface area contributed by atoms with Crippen molar-refractivity contribution >= 4 is 17.9 Å². The van der Waals surface area contributed by atoms with Gasteiger partial charge < -0.3 is 24.6 Å². The molecule has 1 fully saturated rings. The third-order valence-corrected chi connectivity index (χ3v) is 5.32. The van der Waals surface area contributed by atoms with Crippen molar-refractivity contribution in [2.45, 2.75) is 32.9 Å². The first kappa shape index (κ1) is 25.2. The molecule has 8 heteroatoms. The van der Waals surface area contributed by atoms with Gasteiger partial charge in [-0.25, -0.2) is 4.79 Å². The second-order valence-electron chi connectivity index (χ2n) is 9.29. The maximum absolute atomic E-state index is 12.6. The van der Waals surface area contributed by atoms with Crippen LogP contribution in [0.3, 0.4) is 0 Å². The molecule has 0 bridgehead atoms. The lowest BCUT2D eigenvalue weighted by atomic mass is 10.0. The van der Waals surface area contributed by atoms with Gasteiger partial charge >= 0.3 is 6.09 Å². The summed E-state index contributed by atoms with van der Waals surface area (Å²) in [5.41, 5.74) is 2.98. The number of alkyl carbamates (subject to hydrolysis) is 1. The highest BCUT2D eigenvalue weighted by molar-refractivity contribution is 5.94. The SMILES string of the molecule is CN(Cc1cccc(-c2ccc(C(=O)N3CCOCC3)cc2)c1)C(=O)CNC(=O)OC(C)(C)C. The van der Waals surface area contributed by atoms with Crippen molar-refractivity contribution in [2.24, 2.45) is 0 Å². The van der Waals surface area contributed by atoms with Crippen LogP contribution in [0.2, 0.25) is 0 Å². The topological polar surface area (TPSA) is 88.2 Å². The van der Waals surface area contributed by atoms with Gasteiger partial charge in [-0.2, -0.15) is 0 Å². The first-order valence-electron chi connectivity index (χ1n) is 11.4. The lowest BCUT2D eigenvalue weighted by Gasteiger charge is -2.26. The van der Waals surface area contributed by atoms with E-state index in [2.05, 4.69) is 5.32 Å². The van der Waals surface area contributed by atoms with E-state index in [1.165, 1.54) is 0 Å². The molecular formula is C26H33N3O5. The number of nitrogens with one attached hydrogen (secondary N) is 1. The van der Waals surface area contributed by atoms with Crippen molar-refractivity contribution in [3.8, 4) is 11.1 Å². The number of amides is 3. The Morgan fingerprint density at radius 3 is 2.35 bits per heavy atom. The first-order valence-corrected chi connectivity index (χ1v) is 11.4. The molecule has 182 valence electrons. The molecule has 0 saturated carbocycles. The average Bonchev–Trinajstić information content (AvgIpc) is 2.82. The largest absolute Gasteiger partial charge is 0.444 e. The molecule has 0 atom stereocenters. The smallest absolute Gasteiger partial charge is 0.408 e. The Bertz CT molecular complexity index is 1010. The number of hydrogen-bond acceptors (Lipinski definition) is 5. The number of carbonyl (C=O) groups is 3. The molecule has 0 radical (unpaired) electrons. The molecule has 3 rings (SSSR count). The van der Waals surface area contributed by atoms with Crippen molar-refractivity contribution < 1.29 is 23.9 Å². The standard InChI is InChI=1S/C26H33N3O5/c1-26(2,3)34-25(32)27-17-23(30)28(4)18-19-6-5-7-22(16-19)20-8-10-21(11-9-20)24(31)29-12-14-33-15-13-29/h5-11,16H,12-15,17-18H2,1-4H3,(H,27,32). The van der Waals surface area contributed by atoms with Crippen LogP contribution in [0, 0.1) is 0 Å². The Morgan fingerprint density at radius 2 is 1.71 bits per heavy atom. The molecule has 1 aliphatic heterocycles. The maximum Gasteiger partial charge on any atom is 0.408 e. The van der Waals surface area contributed by atoms with Crippen LogP contribution in [0.15, 0.2) is 48.5 Å². The summed E-state index contributed by atoms with van der Waals surface area (Å²) in [6.45, 7) is 7.94. The number of hydrogen-bond donors (Lipinski definition) is 1. The lowest BCUT2D eigenvalue weighted by Crippen LogP contribution is -2.40. The number of ether oxygens (including phenoxy) is 2. The Morgan fingerprint density at radius 1 is 1.03 bits per heavy atom. The molecule has 1 saturated heterocycles. The second kappa shape index (κ2) is 11.2. The Hall–Kier alpha value is -3.39. The summed E-state index contributed by atoms with van der Waals surface area (Å²) in [7, 11) is 1.69. The molecule has 1 N–H and O–H groups in total. The third-order valence-electron chi connectivity index (χ3n) is 5.32. The van der Waals surface area contributed by atoms with E-state index in [-0.39, 0.29) is 18.4 Å². The molecule has 34 heavy (non-hydrogen) atoms. The van der Waals surface area contributed by atoms with Gasteiger partial charge in [-0.15, -0.1) is 0 Å². The van der Waals surface area contributed by atoms with Gasteiger partial charge in [0.25, 0.3) is 5.91 Å². The summed E-state index contributed by atoms with van der Waals surface area (Å²) >= 11 is 0. The molecule has 1 aliphatic rings. The molecule has 2 aromatic carbocycles. The zero-order chi connectivity index (χ0) is 24.7. The minimum Gasteiger partial charge on any atom is -0.444 e. The first-order chi connectivity index (χ1) is 16.1. The fourth-order valence-corrected chi connectivity index (χ4v) is 3.56. The minimum atomic E-state index is -0.619. The van der Waals surface area contributed by atoms with Crippen molar-refractivity contribution in [1.82, 2.24) is 15.1 Å². The van der Waals surface area contributed by atoms with Crippen LogP contribution >= 0.6 is 0 Å². The van der Waals surface area contributed by atoms with E-state index >= 15 is 0 Å². The number of nitrogens with zero attached hydrogens (tertiary/aromatic N) is 2. The van der Waals surface area contributed by atoms with E-state index in [0.29, 0.717) is 38.4 Å². The highest BCUT2D eigenvalue weighted by Crippen LogP contribution is 2.22. The van der Waals surface area contributed by atoms with Gasteiger partial charge in [-0.1, -0.05) is 30.3 Å². The predicted octanol–water partition coefficient (Wildman–Crippen LogP) is 3.31. The number of carbonyl (C=O) groups excluding carboxylic acids is 3. The van der Waals surface area contributed by atoms with Gasteiger partial charge in [0, 0.05) is 32.2 Å². The van der Waals surface area contributed by atoms with Crippen LogP contribution in [0.4, 0.5) is 4.79 Å². The van der Waals surface area contributed by atoms with Crippen LogP contribution in [-0.4, -0.2) is 73.2 Å². The Balaban J connectivity index is 1.58. The maximum atomic E-state index is 12.6. The van der Waals surface area contributed by atoms with Crippen LogP contribution in [0.25, 0.3) is 11.1 Å². The fraction of sp³-hybridized carbons (Fsp3) is 0.423. The number of rotatable bonds is 6. The van der Waals surface area contributed by atoms with Gasteiger partial charge in [-0.3, -0.25) is 9.59 Å². The number of morpholine rings is 1. The van der Waals surface area contributed by atoms with Crippen molar-refractivity contribution in [3.63, 3.8) is 0 Å². The van der Waals surface area contributed by atoms with E-state index in [9.17, 15) is 14.4 Å². The monoisotopic (exact) mass is 467 g/mol. The molecule has 8 nitrogen and oxygen atoms in total. The number of benzene rings is 2. The molecule has 3 amide bonds. The highest BCUT2D eigenvalue weighted by Gasteiger charge is 2.19. The molecule has 0 aromatic heterocycles. The van der Waals surface area contributed by atoms with Crippen molar-refractivity contribution in [1.29, 1.82) is 0 Å². The third kappa shape index (κ3) is 7.31. The highest BCUT2D eigenvalue weighted by atomic mass is 16.6. The molecule has 2 aromatic rings. The molecule has 1 heterocycles. The van der Waals surface area contributed by atoms with Gasteiger partial charge in [0.15, 0.2) is 0 Å². The van der Waals surface area contributed by atoms with Gasteiger partial charge in [-0.05, 0) is 55.7 Å². The molecule has 0 unspecified atom stereocenters. The normalized spacial score (nSPS) is 13.8. The Kier molecular flexibility index (Phi) is 8.28. The molecule has 0 aliphatic carbocycles. The van der Waals surface area contributed by atoms with Crippen LogP contribution in [0.1, 0.15) is 36.7 Å². The zero-order valence-electron chi connectivity index (χ0n) is 20.3. The summed E-state index contributed by atoms with van der Waals surface area (Å²) in [5.74, 6) is -0.203. The van der Waals surface area contributed by atoms with Gasteiger partial charge in [0.2, 0.25) is 5.91 Å². The summed E-state index contributed by atoms with van der Waals surface area (Å²) in [4.78, 5) is 40.2. The van der Waals surface area contributed by atoms with Crippen LogP contribution in [-0.2, 0) is 20.8 Å². The number of likely N-dealkylation sites (N-methyl/N-ethyl adjacent to an activating group) is 1. The second-order valence-corrected chi connectivity index (χ2v) is 9.29. The van der Waals surface area contributed by atoms with E-state index in [0.717, 1.165) is 16.7 Å². The summed E-state index contributed by atoms with van der Waals surface area (Å²) in [6, 6.07) is 15.5. The lowest BCUT2D eigenvalue weighted by molar-refractivity contribution is -0.129.